The maximum atomic E-state index is 12.6. The first-order valence-corrected chi connectivity index (χ1v) is 10.5. The molecule has 0 aromatic heterocycles. The maximum Gasteiger partial charge on any atom is 0.260 e. The number of benzene rings is 1. The predicted octanol–water partition coefficient (Wildman–Crippen LogP) is 0.412. The SMILES string of the molecule is CCN(C)C[C@H]1COC2(CN(C(=O)COc3ccccc3)C2)CS1(=O)=O. The van der Waals surface area contributed by atoms with Gasteiger partial charge in [0.1, 0.15) is 11.4 Å². The van der Waals surface area contributed by atoms with Gasteiger partial charge in [-0.25, -0.2) is 8.42 Å². The fourth-order valence-electron chi connectivity index (χ4n) is 3.30. The van der Waals surface area contributed by atoms with Gasteiger partial charge in [-0.1, -0.05) is 25.1 Å². The fraction of sp³-hybridized carbons (Fsp3) is 0.611. The summed E-state index contributed by atoms with van der Waals surface area (Å²) in [6.07, 6.45) is 0. The summed E-state index contributed by atoms with van der Waals surface area (Å²) in [6.45, 7) is 4.00. The van der Waals surface area contributed by atoms with Gasteiger partial charge in [0.15, 0.2) is 16.4 Å². The molecule has 0 saturated carbocycles. The summed E-state index contributed by atoms with van der Waals surface area (Å²) in [5.41, 5.74) is -0.747. The van der Waals surface area contributed by atoms with Crippen molar-refractivity contribution in [2.75, 3.05) is 52.2 Å². The van der Waals surface area contributed by atoms with Crippen molar-refractivity contribution in [2.24, 2.45) is 0 Å². The van der Waals surface area contributed by atoms with Crippen LogP contribution in [0.25, 0.3) is 0 Å². The zero-order chi connectivity index (χ0) is 18.8. The maximum absolute atomic E-state index is 12.6. The van der Waals surface area contributed by atoms with Crippen molar-refractivity contribution >= 4 is 15.7 Å². The Morgan fingerprint density at radius 2 is 2.04 bits per heavy atom. The van der Waals surface area contributed by atoms with E-state index >= 15 is 0 Å². The number of sulfone groups is 1. The van der Waals surface area contributed by atoms with Crippen LogP contribution in [0.1, 0.15) is 6.92 Å². The van der Waals surface area contributed by atoms with E-state index in [-0.39, 0.29) is 24.9 Å². The fourth-order valence-corrected chi connectivity index (χ4v) is 5.30. The lowest BCUT2D eigenvalue weighted by Crippen LogP contribution is -2.71. The number of carbonyl (C=O) groups is 1. The summed E-state index contributed by atoms with van der Waals surface area (Å²) < 4.78 is 36.5. The van der Waals surface area contributed by atoms with Crippen LogP contribution in [0.2, 0.25) is 0 Å². The van der Waals surface area contributed by atoms with Crippen LogP contribution in [0.3, 0.4) is 0 Å². The highest BCUT2D eigenvalue weighted by Crippen LogP contribution is 2.32. The van der Waals surface area contributed by atoms with E-state index in [4.69, 9.17) is 9.47 Å². The Morgan fingerprint density at radius 1 is 1.35 bits per heavy atom. The summed E-state index contributed by atoms with van der Waals surface area (Å²) in [5.74, 6) is 0.453. The molecule has 8 heteroatoms. The van der Waals surface area contributed by atoms with E-state index in [9.17, 15) is 13.2 Å². The minimum atomic E-state index is -3.24. The van der Waals surface area contributed by atoms with Gasteiger partial charge >= 0.3 is 0 Å². The Kier molecular flexibility index (Phi) is 5.55. The summed E-state index contributed by atoms with van der Waals surface area (Å²) in [7, 11) is -1.34. The second kappa shape index (κ2) is 7.54. The number of nitrogens with zero attached hydrogens (tertiary/aromatic N) is 2. The van der Waals surface area contributed by atoms with Crippen molar-refractivity contribution in [2.45, 2.75) is 17.8 Å². The highest BCUT2D eigenvalue weighted by atomic mass is 32.2. The third-order valence-corrected chi connectivity index (χ3v) is 7.25. The molecule has 0 unspecified atom stereocenters. The molecule has 144 valence electrons. The van der Waals surface area contributed by atoms with Crippen molar-refractivity contribution in [3.8, 4) is 5.75 Å². The Bertz CT molecular complexity index is 731. The Labute approximate surface area is 154 Å². The van der Waals surface area contributed by atoms with Gasteiger partial charge in [-0.2, -0.15) is 0 Å². The van der Waals surface area contributed by atoms with Crippen LogP contribution in [-0.4, -0.2) is 87.2 Å². The van der Waals surface area contributed by atoms with E-state index in [2.05, 4.69) is 0 Å². The first kappa shape index (κ1) is 19.1. The van der Waals surface area contributed by atoms with Crippen molar-refractivity contribution in [3.05, 3.63) is 30.3 Å². The number of hydrogen-bond donors (Lipinski definition) is 0. The minimum Gasteiger partial charge on any atom is -0.484 e. The number of para-hydroxylation sites is 1. The topological polar surface area (TPSA) is 76.2 Å². The standard InChI is InChI=1S/C18H26N2O5S/c1-3-19(2)9-16-10-25-18(14-26(16,22)23)12-20(13-18)17(21)11-24-15-7-5-4-6-8-15/h4-8,16H,3,9-14H2,1-2H3/t16-/m0/s1. The van der Waals surface area contributed by atoms with Crippen LogP contribution >= 0.6 is 0 Å². The number of hydrogen-bond acceptors (Lipinski definition) is 6. The minimum absolute atomic E-state index is 0.0223. The van der Waals surface area contributed by atoms with Gasteiger partial charge in [-0.15, -0.1) is 0 Å². The zero-order valence-corrected chi connectivity index (χ0v) is 16.1. The smallest absolute Gasteiger partial charge is 0.260 e. The Balaban J connectivity index is 1.50. The zero-order valence-electron chi connectivity index (χ0n) is 15.3. The number of likely N-dealkylation sites (tertiary alicyclic amines) is 1. The molecule has 1 aromatic carbocycles. The first-order chi connectivity index (χ1) is 12.3. The number of amides is 1. The molecule has 1 aromatic rings. The van der Waals surface area contributed by atoms with Crippen molar-refractivity contribution in [1.82, 2.24) is 9.80 Å². The van der Waals surface area contributed by atoms with Crippen molar-refractivity contribution in [1.29, 1.82) is 0 Å². The summed E-state index contributed by atoms with van der Waals surface area (Å²) in [5, 5.41) is -0.496. The molecule has 7 nitrogen and oxygen atoms in total. The molecule has 0 N–H and O–H groups in total. The largest absolute Gasteiger partial charge is 0.484 e. The van der Waals surface area contributed by atoms with Gasteiger partial charge in [-0.05, 0) is 25.7 Å². The van der Waals surface area contributed by atoms with Crippen LogP contribution < -0.4 is 4.74 Å². The highest BCUT2D eigenvalue weighted by molar-refractivity contribution is 7.92. The lowest BCUT2D eigenvalue weighted by atomic mass is 9.95. The molecule has 2 saturated heterocycles. The molecule has 2 aliphatic rings. The molecule has 1 spiro atoms. The van der Waals surface area contributed by atoms with E-state index in [1.807, 2.05) is 37.1 Å². The molecule has 3 rings (SSSR count). The molecular weight excluding hydrogens is 356 g/mol. The summed E-state index contributed by atoms with van der Waals surface area (Å²) in [4.78, 5) is 15.8. The molecule has 0 aliphatic carbocycles. The van der Waals surface area contributed by atoms with E-state index in [0.29, 0.717) is 25.4 Å². The second-order valence-corrected chi connectivity index (χ2v) is 9.41. The normalized spacial score (nSPS) is 23.7. The monoisotopic (exact) mass is 382 g/mol. The Morgan fingerprint density at radius 3 is 2.65 bits per heavy atom. The lowest BCUT2D eigenvalue weighted by Gasteiger charge is -2.52. The van der Waals surface area contributed by atoms with E-state index in [0.717, 1.165) is 6.54 Å². The first-order valence-electron chi connectivity index (χ1n) is 8.83. The van der Waals surface area contributed by atoms with Gasteiger partial charge < -0.3 is 19.3 Å². The van der Waals surface area contributed by atoms with Gasteiger partial charge in [0.05, 0.1) is 30.7 Å². The Hall–Kier alpha value is -1.64. The van der Waals surface area contributed by atoms with Crippen LogP contribution in [-0.2, 0) is 19.4 Å². The predicted molar refractivity (Wildman–Crippen MR) is 97.9 cm³/mol. The van der Waals surface area contributed by atoms with Gasteiger partial charge in [-0.3, -0.25) is 4.79 Å². The third kappa shape index (κ3) is 4.19. The highest BCUT2D eigenvalue weighted by Gasteiger charge is 2.53. The second-order valence-electron chi connectivity index (χ2n) is 7.13. The van der Waals surface area contributed by atoms with Crippen LogP contribution in [0, 0.1) is 0 Å². The molecule has 2 heterocycles. The van der Waals surface area contributed by atoms with Crippen LogP contribution in [0.4, 0.5) is 0 Å². The van der Waals surface area contributed by atoms with Gasteiger partial charge in [0.2, 0.25) is 0 Å². The lowest BCUT2D eigenvalue weighted by molar-refractivity contribution is -0.167. The molecule has 2 fully saturated rings. The average molecular weight is 382 g/mol. The van der Waals surface area contributed by atoms with Gasteiger partial charge in [0, 0.05) is 6.54 Å². The quantitative estimate of drug-likeness (QED) is 0.709. The number of carbonyl (C=O) groups excluding carboxylic acids is 1. The molecule has 0 radical (unpaired) electrons. The molecule has 0 bridgehead atoms. The number of rotatable bonds is 6. The number of ether oxygens (including phenoxy) is 2. The summed E-state index contributed by atoms with van der Waals surface area (Å²) in [6, 6.07) is 9.13. The van der Waals surface area contributed by atoms with E-state index in [1.54, 1.807) is 17.0 Å². The van der Waals surface area contributed by atoms with E-state index in [1.165, 1.54) is 0 Å². The molecule has 1 atom stereocenters. The molecule has 2 aliphatic heterocycles. The van der Waals surface area contributed by atoms with Gasteiger partial charge in [0.25, 0.3) is 5.91 Å². The van der Waals surface area contributed by atoms with E-state index < -0.39 is 20.7 Å². The molecule has 26 heavy (non-hydrogen) atoms. The summed E-state index contributed by atoms with van der Waals surface area (Å²) >= 11 is 0. The van der Waals surface area contributed by atoms with Crippen LogP contribution in [0.5, 0.6) is 5.75 Å². The van der Waals surface area contributed by atoms with Crippen LogP contribution in [0.15, 0.2) is 30.3 Å². The van der Waals surface area contributed by atoms with Crippen molar-refractivity contribution < 1.29 is 22.7 Å². The average Bonchev–Trinajstić information content (AvgIpc) is 2.59. The molecular formula is C18H26N2O5S. The molecule has 1 amide bonds. The third-order valence-electron chi connectivity index (χ3n) is 5.02. The van der Waals surface area contributed by atoms with Crippen molar-refractivity contribution in [3.63, 3.8) is 0 Å².